The van der Waals surface area contributed by atoms with Crippen molar-refractivity contribution in [1.82, 2.24) is 0 Å². The van der Waals surface area contributed by atoms with Crippen molar-refractivity contribution in [2.45, 2.75) is 71.1 Å². The zero-order valence-corrected chi connectivity index (χ0v) is 31.9. The van der Waals surface area contributed by atoms with Gasteiger partial charge in [-0.15, -0.1) is 0 Å². The van der Waals surface area contributed by atoms with Crippen molar-refractivity contribution in [2.24, 2.45) is 17.8 Å². The standard InChI is InChI=1S/C23H25F3O2.C23H21F3O2/c2*1-15(23(24,25)26)22(27)18-8-5-16(6-9-18)3-4-17-7-10-20-14-21(28-2)12-11-19(20)13-17/h5-6,8-9,11-12,14-15,17H,3-4,7,10,13H2,1-2H3;5-15H,3-4H2,1-2H3. The number of aryl methyl sites for hydroxylation is 4. The van der Waals surface area contributed by atoms with Crippen LogP contribution in [0.1, 0.15) is 75.2 Å². The summed E-state index contributed by atoms with van der Waals surface area (Å²) < 4.78 is 86.7. The predicted molar refractivity (Wildman–Crippen MR) is 207 cm³/mol. The van der Waals surface area contributed by atoms with E-state index in [1.807, 2.05) is 30.3 Å². The molecule has 0 aliphatic heterocycles. The molecule has 4 nitrogen and oxygen atoms in total. The summed E-state index contributed by atoms with van der Waals surface area (Å²) in [4.78, 5) is 23.9. The summed E-state index contributed by atoms with van der Waals surface area (Å²) in [6.07, 6.45) is -2.39. The van der Waals surface area contributed by atoms with Gasteiger partial charge in [0.2, 0.25) is 0 Å². The van der Waals surface area contributed by atoms with E-state index in [1.54, 1.807) is 38.5 Å². The molecule has 0 spiro atoms. The number of ketones is 2. The minimum Gasteiger partial charge on any atom is -0.497 e. The molecule has 1 aliphatic carbocycles. The van der Waals surface area contributed by atoms with Gasteiger partial charge in [0.05, 0.1) is 14.2 Å². The van der Waals surface area contributed by atoms with Crippen LogP contribution in [0, 0.1) is 17.8 Å². The average Bonchev–Trinajstić information content (AvgIpc) is 3.20. The first-order chi connectivity index (χ1) is 26.5. The molecule has 0 bridgehead atoms. The van der Waals surface area contributed by atoms with Gasteiger partial charge in [-0.3, -0.25) is 9.59 Å². The Morgan fingerprint density at radius 1 is 0.589 bits per heavy atom. The van der Waals surface area contributed by atoms with E-state index in [0.29, 0.717) is 5.92 Å². The van der Waals surface area contributed by atoms with E-state index < -0.39 is 35.8 Å². The lowest BCUT2D eigenvalue weighted by Gasteiger charge is -2.25. The number of Topliss-reactive ketones (excluding diaryl/α,β-unsaturated/α-hetero) is 2. The monoisotopic (exact) mass is 776 g/mol. The maximum Gasteiger partial charge on any atom is 0.398 e. The molecular weight excluding hydrogens is 730 g/mol. The molecule has 0 saturated heterocycles. The summed E-state index contributed by atoms with van der Waals surface area (Å²) in [5.74, 6) is -3.44. The number of alkyl halides is 6. The number of hydrogen-bond donors (Lipinski definition) is 0. The number of methoxy groups -OCH3 is 2. The molecule has 0 N–H and O–H groups in total. The van der Waals surface area contributed by atoms with Crippen molar-refractivity contribution in [1.29, 1.82) is 0 Å². The summed E-state index contributed by atoms with van der Waals surface area (Å²) in [6.45, 7) is 1.80. The highest BCUT2D eigenvalue weighted by atomic mass is 19.4. The number of rotatable bonds is 12. The van der Waals surface area contributed by atoms with E-state index >= 15 is 0 Å². The van der Waals surface area contributed by atoms with Crippen LogP contribution in [-0.2, 0) is 32.1 Å². The molecule has 296 valence electrons. The minimum atomic E-state index is -4.52. The van der Waals surface area contributed by atoms with Crippen molar-refractivity contribution < 1.29 is 45.4 Å². The Hall–Kier alpha value is -5.12. The van der Waals surface area contributed by atoms with Gasteiger partial charge >= 0.3 is 12.4 Å². The maximum absolute atomic E-state index is 12.7. The number of carbonyl (C=O) groups is 2. The third-order valence-electron chi connectivity index (χ3n) is 10.6. The molecule has 0 amide bonds. The first-order valence-electron chi connectivity index (χ1n) is 18.7. The topological polar surface area (TPSA) is 52.6 Å². The molecule has 1 aliphatic rings. The van der Waals surface area contributed by atoms with Crippen LogP contribution in [-0.4, -0.2) is 38.1 Å². The Labute approximate surface area is 323 Å². The Morgan fingerprint density at radius 2 is 1.05 bits per heavy atom. The first kappa shape index (κ1) is 42.0. The second kappa shape index (κ2) is 18.2. The van der Waals surface area contributed by atoms with Crippen LogP contribution in [0.3, 0.4) is 0 Å². The smallest absolute Gasteiger partial charge is 0.398 e. The van der Waals surface area contributed by atoms with Gasteiger partial charge in [0.25, 0.3) is 0 Å². The van der Waals surface area contributed by atoms with E-state index in [4.69, 9.17) is 9.47 Å². The van der Waals surface area contributed by atoms with Crippen LogP contribution in [0.2, 0.25) is 0 Å². The molecule has 10 heteroatoms. The van der Waals surface area contributed by atoms with Crippen molar-refractivity contribution in [3.05, 3.63) is 142 Å². The van der Waals surface area contributed by atoms with E-state index in [9.17, 15) is 35.9 Å². The second-order valence-electron chi connectivity index (χ2n) is 14.5. The molecule has 0 aromatic heterocycles. The fourth-order valence-corrected chi connectivity index (χ4v) is 6.86. The highest BCUT2D eigenvalue weighted by molar-refractivity contribution is 5.98. The van der Waals surface area contributed by atoms with E-state index in [1.165, 1.54) is 41.0 Å². The Morgan fingerprint density at radius 3 is 1.61 bits per heavy atom. The van der Waals surface area contributed by atoms with Gasteiger partial charge in [0.15, 0.2) is 11.6 Å². The highest BCUT2D eigenvalue weighted by Crippen LogP contribution is 2.32. The van der Waals surface area contributed by atoms with Gasteiger partial charge in [0, 0.05) is 11.1 Å². The van der Waals surface area contributed by atoms with Crippen LogP contribution >= 0.6 is 0 Å². The lowest BCUT2D eigenvalue weighted by atomic mass is 9.81. The Kier molecular flexibility index (Phi) is 13.7. The molecule has 0 radical (unpaired) electrons. The van der Waals surface area contributed by atoms with Crippen LogP contribution < -0.4 is 9.47 Å². The number of halogens is 6. The van der Waals surface area contributed by atoms with Crippen molar-refractivity contribution in [3.63, 3.8) is 0 Å². The summed E-state index contributed by atoms with van der Waals surface area (Å²) in [5.41, 5.74) is 6.14. The van der Waals surface area contributed by atoms with Crippen molar-refractivity contribution in [3.8, 4) is 11.5 Å². The van der Waals surface area contributed by atoms with Gasteiger partial charge in [-0.1, -0.05) is 78.9 Å². The normalized spacial score (nSPS) is 15.2. The fraction of sp³-hybridized carbons (Fsp3) is 0.348. The molecule has 5 aromatic carbocycles. The lowest BCUT2D eigenvalue weighted by Crippen LogP contribution is -2.27. The Bertz CT molecular complexity index is 2100. The van der Waals surface area contributed by atoms with Crippen LogP contribution in [0.15, 0.2) is 103 Å². The molecule has 0 heterocycles. The zero-order chi connectivity index (χ0) is 40.6. The summed E-state index contributed by atoms with van der Waals surface area (Å²) in [5, 5.41) is 2.23. The first-order valence-corrected chi connectivity index (χ1v) is 18.7. The third-order valence-corrected chi connectivity index (χ3v) is 10.6. The molecule has 5 aromatic rings. The summed E-state index contributed by atoms with van der Waals surface area (Å²) in [6, 6.07) is 31.4. The van der Waals surface area contributed by atoms with Gasteiger partial charge < -0.3 is 9.47 Å². The lowest BCUT2D eigenvalue weighted by molar-refractivity contribution is -0.157. The molecular formula is C46H46F6O4. The molecule has 0 saturated carbocycles. The van der Waals surface area contributed by atoms with E-state index in [0.717, 1.165) is 92.2 Å². The number of ether oxygens (including phenoxy) is 2. The number of carbonyl (C=O) groups excluding carboxylic acids is 2. The van der Waals surface area contributed by atoms with Crippen molar-refractivity contribution in [2.75, 3.05) is 14.2 Å². The van der Waals surface area contributed by atoms with Crippen LogP contribution in [0.4, 0.5) is 26.3 Å². The highest BCUT2D eigenvalue weighted by Gasteiger charge is 2.42. The Balaban J connectivity index is 0.000000214. The zero-order valence-electron chi connectivity index (χ0n) is 31.9. The molecule has 0 fully saturated rings. The largest absolute Gasteiger partial charge is 0.497 e. The molecule has 56 heavy (non-hydrogen) atoms. The average molecular weight is 777 g/mol. The van der Waals surface area contributed by atoms with E-state index in [-0.39, 0.29) is 11.1 Å². The van der Waals surface area contributed by atoms with Crippen LogP contribution in [0.5, 0.6) is 11.5 Å². The van der Waals surface area contributed by atoms with Crippen molar-refractivity contribution >= 4 is 22.3 Å². The molecule has 3 atom stereocenters. The van der Waals surface area contributed by atoms with E-state index in [2.05, 4.69) is 24.3 Å². The number of hydrogen-bond acceptors (Lipinski definition) is 4. The van der Waals surface area contributed by atoms with Crippen LogP contribution in [0.25, 0.3) is 10.8 Å². The molecule has 6 rings (SSSR count). The summed E-state index contributed by atoms with van der Waals surface area (Å²) >= 11 is 0. The SMILES string of the molecule is COc1ccc2c(c1)CCC(CCc1ccc(C(=O)C(C)C(F)(F)F)cc1)C2.COc1ccc2cc(CCc3ccc(C(=O)C(C)C(F)(F)F)cc3)ccc2c1. The quantitative estimate of drug-likeness (QED) is 0.0935. The fourth-order valence-electron chi connectivity index (χ4n) is 6.86. The third kappa shape index (κ3) is 11.0. The number of fused-ring (bicyclic) bond motifs is 2. The van der Waals surface area contributed by atoms with Gasteiger partial charge in [-0.05, 0) is 128 Å². The predicted octanol–water partition coefficient (Wildman–Crippen LogP) is 11.8. The van der Waals surface area contributed by atoms with Gasteiger partial charge in [-0.25, -0.2) is 0 Å². The maximum atomic E-state index is 12.7. The number of benzene rings is 5. The second-order valence-corrected chi connectivity index (χ2v) is 14.5. The summed E-state index contributed by atoms with van der Waals surface area (Å²) in [7, 11) is 3.31. The van der Waals surface area contributed by atoms with Gasteiger partial charge in [0.1, 0.15) is 23.3 Å². The van der Waals surface area contributed by atoms with Gasteiger partial charge in [-0.2, -0.15) is 26.3 Å². The molecule has 3 unspecified atom stereocenters. The minimum absolute atomic E-state index is 0.0910.